The summed E-state index contributed by atoms with van der Waals surface area (Å²) in [6, 6.07) is 7.19. The Morgan fingerprint density at radius 3 is 2.21 bits per heavy atom. The third-order valence-corrected chi connectivity index (χ3v) is 10.7. The predicted molar refractivity (Wildman–Crippen MR) is 136 cm³/mol. The second-order valence-corrected chi connectivity index (χ2v) is 16.0. The number of benzene rings is 1. The van der Waals surface area contributed by atoms with Gasteiger partial charge in [-0.05, 0) is 56.6 Å². The number of carbonyl (C=O) groups is 2. The van der Waals surface area contributed by atoms with Crippen molar-refractivity contribution in [2.75, 3.05) is 26.9 Å². The van der Waals surface area contributed by atoms with Crippen molar-refractivity contribution < 1.29 is 28.2 Å². The highest BCUT2D eigenvalue weighted by Gasteiger charge is 2.40. The van der Waals surface area contributed by atoms with Crippen LogP contribution in [0.5, 0.6) is 5.75 Å². The van der Waals surface area contributed by atoms with E-state index in [0.29, 0.717) is 18.8 Å². The number of ketones is 1. The average molecular weight is 492 g/mol. The SMILES string of the molecule is COc1ccc(COCC2=C[C@@H](CO[Si](C)(C)C(C)(C)C)N(C(=O)OC(C)(C)C)CC2=O)cc1. The lowest BCUT2D eigenvalue weighted by Gasteiger charge is -2.40. The molecule has 1 atom stereocenters. The summed E-state index contributed by atoms with van der Waals surface area (Å²) in [5, 5.41) is 0.0300. The average Bonchev–Trinajstić information content (AvgIpc) is 2.72. The summed E-state index contributed by atoms with van der Waals surface area (Å²) in [5.41, 5.74) is 0.881. The molecule has 0 fully saturated rings. The first-order valence-electron chi connectivity index (χ1n) is 11.7. The maximum absolute atomic E-state index is 12.9. The van der Waals surface area contributed by atoms with Crippen molar-refractivity contribution in [2.24, 2.45) is 0 Å². The van der Waals surface area contributed by atoms with Gasteiger partial charge >= 0.3 is 6.09 Å². The van der Waals surface area contributed by atoms with Crippen molar-refractivity contribution in [2.45, 2.75) is 77.9 Å². The van der Waals surface area contributed by atoms with Crippen molar-refractivity contribution in [3.05, 3.63) is 41.5 Å². The second kappa shape index (κ2) is 11.1. The second-order valence-electron chi connectivity index (χ2n) is 11.2. The molecule has 0 N–H and O–H groups in total. The Kier molecular flexibility index (Phi) is 9.13. The van der Waals surface area contributed by atoms with Crippen LogP contribution in [0.2, 0.25) is 18.1 Å². The molecule has 0 saturated heterocycles. The first-order valence-corrected chi connectivity index (χ1v) is 14.6. The van der Waals surface area contributed by atoms with E-state index in [1.807, 2.05) is 45.0 Å². The molecule has 0 radical (unpaired) electrons. The number of methoxy groups -OCH3 is 1. The van der Waals surface area contributed by atoms with Gasteiger partial charge in [0.2, 0.25) is 0 Å². The van der Waals surface area contributed by atoms with E-state index in [9.17, 15) is 9.59 Å². The van der Waals surface area contributed by atoms with Crippen LogP contribution in [-0.2, 0) is 25.3 Å². The van der Waals surface area contributed by atoms with Gasteiger partial charge in [-0.3, -0.25) is 9.69 Å². The van der Waals surface area contributed by atoms with E-state index in [-0.39, 0.29) is 24.0 Å². The zero-order valence-electron chi connectivity index (χ0n) is 22.2. The summed E-state index contributed by atoms with van der Waals surface area (Å²) in [7, 11) is -0.427. The fraction of sp³-hybridized carbons (Fsp3) is 0.615. The minimum atomic E-state index is -2.05. The van der Waals surface area contributed by atoms with E-state index >= 15 is 0 Å². The Labute approximate surface area is 205 Å². The normalized spacial score (nSPS) is 17.4. The molecule has 7 nitrogen and oxygen atoms in total. The Balaban J connectivity index is 2.15. The summed E-state index contributed by atoms with van der Waals surface area (Å²) in [6.45, 7) is 17.1. The van der Waals surface area contributed by atoms with Gasteiger partial charge in [-0.2, -0.15) is 0 Å². The van der Waals surface area contributed by atoms with Crippen molar-refractivity contribution in [1.82, 2.24) is 4.90 Å². The van der Waals surface area contributed by atoms with Crippen LogP contribution in [0.3, 0.4) is 0 Å². The van der Waals surface area contributed by atoms with Gasteiger partial charge in [0.25, 0.3) is 0 Å². The third kappa shape index (κ3) is 7.96. The molecule has 1 heterocycles. The zero-order chi connectivity index (χ0) is 25.7. The lowest BCUT2D eigenvalue weighted by Crippen LogP contribution is -2.52. The van der Waals surface area contributed by atoms with E-state index in [4.69, 9.17) is 18.6 Å². The topological polar surface area (TPSA) is 74.3 Å². The van der Waals surface area contributed by atoms with Gasteiger partial charge < -0.3 is 18.6 Å². The third-order valence-electron chi connectivity index (χ3n) is 6.20. The fourth-order valence-corrected chi connectivity index (χ4v) is 4.11. The van der Waals surface area contributed by atoms with Crippen LogP contribution in [0.4, 0.5) is 4.79 Å². The molecule has 0 unspecified atom stereocenters. The largest absolute Gasteiger partial charge is 0.497 e. The van der Waals surface area contributed by atoms with Crippen LogP contribution >= 0.6 is 0 Å². The Bertz CT molecular complexity index is 880. The molecular formula is C26H41NO6Si. The van der Waals surface area contributed by atoms with Crippen LogP contribution < -0.4 is 4.74 Å². The molecule has 0 bridgehead atoms. The molecule has 2 rings (SSSR count). The standard InChI is InChI=1S/C26H41NO6Si/c1-25(2,3)33-24(29)27-15-23(28)20(14-21(27)18-32-34(8,9)26(4,5)6)17-31-16-19-10-12-22(30-7)13-11-19/h10-14,21H,15-18H2,1-9H3/t21-/m0/s1. The van der Waals surface area contributed by atoms with E-state index in [0.717, 1.165) is 11.3 Å². The molecule has 1 aromatic carbocycles. The van der Waals surface area contributed by atoms with Gasteiger partial charge in [0.1, 0.15) is 11.4 Å². The molecule has 8 heteroatoms. The monoisotopic (exact) mass is 491 g/mol. The van der Waals surface area contributed by atoms with Gasteiger partial charge in [-0.15, -0.1) is 0 Å². The van der Waals surface area contributed by atoms with E-state index in [1.165, 1.54) is 4.90 Å². The van der Waals surface area contributed by atoms with Crippen LogP contribution in [-0.4, -0.2) is 63.6 Å². The Morgan fingerprint density at radius 1 is 1.06 bits per heavy atom. The molecule has 1 amide bonds. The Hall–Kier alpha value is -2.16. The number of nitrogens with zero attached hydrogens (tertiary/aromatic N) is 1. The van der Waals surface area contributed by atoms with Gasteiger partial charge in [-0.25, -0.2) is 4.79 Å². The summed E-state index contributed by atoms with van der Waals surface area (Å²) < 4.78 is 23.0. The first kappa shape index (κ1) is 28.1. The van der Waals surface area contributed by atoms with E-state index in [2.05, 4.69) is 33.9 Å². The summed E-state index contributed by atoms with van der Waals surface area (Å²) in [6.07, 6.45) is 1.29. The number of amides is 1. The van der Waals surface area contributed by atoms with Gasteiger partial charge in [0.15, 0.2) is 14.1 Å². The van der Waals surface area contributed by atoms with Crippen LogP contribution in [0.15, 0.2) is 35.9 Å². The Morgan fingerprint density at radius 2 is 1.68 bits per heavy atom. The van der Waals surface area contributed by atoms with Crippen LogP contribution in [0.25, 0.3) is 0 Å². The highest BCUT2D eigenvalue weighted by molar-refractivity contribution is 6.74. The molecule has 0 aromatic heterocycles. The molecule has 0 aliphatic carbocycles. The maximum Gasteiger partial charge on any atom is 0.411 e. The number of ether oxygens (including phenoxy) is 3. The highest BCUT2D eigenvalue weighted by Crippen LogP contribution is 2.37. The fourth-order valence-electron chi connectivity index (χ4n) is 3.09. The summed E-state index contributed by atoms with van der Waals surface area (Å²) in [4.78, 5) is 27.2. The maximum atomic E-state index is 12.9. The number of hydrogen-bond donors (Lipinski definition) is 0. The predicted octanol–water partition coefficient (Wildman–Crippen LogP) is 5.35. The number of carbonyl (C=O) groups excluding carboxylic acids is 2. The van der Waals surface area contributed by atoms with E-state index < -0.39 is 26.1 Å². The first-order chi connectivity index (χ1) is 15.6. The molecular weight excluding hydrogens is 450 g/mol. The molecule has 1 aliphatic rings. The lowest BCUT2D eigenvalue weighted by molar-refractivity contribution is -0.118. The van der Waals surface area contributed by atoms with E-state index in [1.54, 1.807) is 13.2 Å². The quantitative estimate of drug-likeness (QED) is 0.457. The minimum Gasteiger partial charge on any atom is -0.497 e. The number of Topliss-reactive ketones (excluding diaryl/α,β-unsaturated/α-hetero) is 1. The van der Waals surface area contributed by atoms with Crippen LogP contribution in [0.1, 0.15) is 47.1 Å². The van der Waals surface area contributed by atoms with Crippen molar-refractivity contribution in [3.63, 3.8) is 0 Å². The molecule has 0 spiro atoms. The lowest BCUT2D eigenvalue weighted by atomic mass is 10.0. The minimum absolute atomic E-state index is 0.0300. The molecule has 0 saturated carbocycles. The zero-order valence-corrected chi connectivity index (χ0v) is 23.2. The van der Waals surface area contributed by atoms with Crippen molar-refractivity contribution in [3.8, 4) is 5.75 Å². The molecule has 34 heavy (non-hydrogen) atoms. The molecule has 1 aliphatic heterocycles. The van der Waals surface area contributed by atoms with Gasteiger partial charge in [-0.1, -0.05) is 39.0 Å². The van der Waals surface area contributed by atoms with Gasteiger partial charge in [0.05, 0.1) is 39.5 Å². The summed E-state index contributed by atoms with van der Waals surface area (Å²) >= 11 is 0. The van der Waals surface area contributed by atoms with Crippen LogP contribution in [0, 0.1) is 0 Å². The smallest absolute Gasteiger partial charge is 0.411 e. The van der Waals surface area contributed by atoms with Gasteiger partial charge in [0, 0.05) is 5.57 Å². The van der Waals surface area contributed by atoms with Crippen molar-refractivity contribution >= 4 is 20.2 Å². The highest BCUT2D eigenvalue weighted by atomic mass is 28.4. The van der Waals surface area contributed by atoms with Crippen molar-refractivity contribution in [1.29, 1.82) is 0 Å². The number of hydrogen-bond acceptors (Lipinski definition) is 6. The number of rotatable bonds is 8. The molecule has 1 aromatic rings. The molecule has 190 valence electrons. The summed E-state index contributed by atoms with van der Waals surface area (Å²) in [5.74, 6) is 0.630.